The van der Waals surface area contributed by atoms with Gasteiger partial charge in [0, 0.05) is 6.61 Å². The molecule has 4 heterocycles. The number of hydrogen-bond acceptors (Lipinski definition) is 9. The predicted molar refractivity (Wildman–Crippen MR) is 105 cm³/mol. The highest BCUT2D eigenvalue weighted by atomic mass is 32.2. The van der Waals surface area contributed by atoms with Crippen LogP contribution < -0.4 is 5.32 Å². The molecular weight excluding hydrogens is 400 g/mol. The minimum absolute atomic E-state index is 0.125. The molecule has 1 N–H and O–H groups in total. The van der Waals surface area contributed by atoms with Gasteiger partial charge in [0.2, 0.25) is 11.0 Å². The molecule has 0 aliphatic carbocycles. The van der Waals surface area contributed by atoms with E-state index in [4.69, 9.17) is 9.15 Å². The Morgan fingerprint density at radius 3 is 2.93 bits per heavy atom. The van der Waals surface area contributed by atoms with Crippen LogP contribution in [0.1, 0.15) is 23.6 Å². The maximum absolute atomic E-state index is 12.3. The van der Waals surface area contributed by atoms with Crippen molar-refractivity contribution in [1.82, 2.24) is 25.0 Å². The Kier molecular flexibility index (Phi) is 5.74. The zero-order chi connectivity index (χ0) is 19.5. The summed E-state index contributed by atoms with van der Waals surface area (Å²) in [4.78, 5) is 12.3. The van der Waals surface area contributed by atoms with Crippen molar-refractivity contribution < 1.29 is 13.9 Å². The molecule has 0 aromatic carbocycles. The summed E-state index contributed by atoms with van der Waals surface area (Å²) < 4.78 is 13.2. The maximum atomic E-state index is 12.3. The van der Waals surface area contributed by atoms with Gasteiger partial charge in [0.1, 0.15) is 10.8 Å². The molecule has 3 aromatic heterocycles. The van der Waals surface area contributed by atoms with Crippen LogP contribution in [0.2, 0.25) is 0 Å². The third kappa shape index (κ3) is 4.26. The molecule has 0 saturated carbocycles. The van der Waals surface area contributed by atoms with E-state index < -0.39 is 0 Å². The van der Waals surface area contributed by atoms with Crippen molar-refractivity contribution in [1.29, 1.82) is 0 Å². The van der Waals surface area contributed by atoms with Gasteiger partial charge in [-0.1, -0.05) is 23.1 Å². The highest BCUT2D eigenvalue weighted by Gasteiger charge is 2.23. The number of carbonyl (C=O) groups is 1. The Bertz CT molecular complexity index is 960. The molecule has 0 radical (unpaired) electrons. The van der Waals surface area contributed by atoms with E-state index in [1.54, 1.807) is 6.26 Å². The fraction of sp³-hybridized carbons (Fsp3) is 0.471. The average molecular weight is 421 g/mol. The lowest BCUT2D eigenvalue weighted by Gasteiger charge is -2.14. The molecule has 1 aliphatic rings. The lowest BCUT2D eigenvalue weighted by molar-refractivity contribution is -0.113. The van der Waals surface area contributed by atoms with E-state index in [0.29, 0.717) is 16.8 Å². The van der Waals surface area contributed by atoms with E-state index in [0.717, 1.165) is 41.6 Å². The summed E-state index contributed by atoms with van der Waals surface area (Å²) in [6, 6.07) is 1.88. The van der Waals surface area contributed by atoms with Gasteiger partial charge in [-0.3, -0.25) is 14.7 Å². The summed E-state index contributed by atoms with van der Waals surface area (Å²) in [7, 11) is 0. The number of carbonyl (C=O) groups excluding carboxylic acids is 1. The number of furan rings is 1. The Morgan fingerprint density at radius 1 is 1.36 bits per heavy atom. The van der Waals surface area contributed by atoms with E-state index in [2.05, 4.69) is 25.7 Å². The summed E-state index contributed by atoms with van der Waals surface area (Å²) in [5.74, 6) is 1.55. The molecule has 1 aliphatic heterocycles. The van der Waals surface area contributed by atoms with Gasteiger partial charge in [-0.05, 0) is 32.8 Å². The number of aromatic nitrogens is 5. The second-order valence-electron chi connectivity index (χ2n) is 6.41. The van der Waals surface area contributed by atoms with Crippen LogP contribution in [0.15, 0.2) is 21.9 Å². The number of ether oxygens (including phenoxy) is 1. The Morgan fingerprint density at radius 2 is 2.25 bits per heavy atom. The normalized spacial score (nSPS) is 16.6. The first-order chi connectivity index (χ1) is 13.6. The number of aryl methyl sites for hydroxylation is 2. The maximum Gasteiger partial charge on any atom is 0.236 e. The second kappa shape index (κ2) is 8.41. The molecule has 28 heavy (non-hydrogen) atoms. The molecule has 9 nitrogen and oxygen atoms in total. The molecule has 1 atom stereocenters. The summed E-state index contributed by atoms with van der Waals surface area (Å²) in [6.07, 6.45) is 3.82. The van der Waals surface area contributed by atoms with E-state index in [-0.39, 0.29) is 17.8 Å². The van der Waals surface area contributed by atoms with Crippen LogP contribution in [0.25, 0.3) is 11.4 Å². The van der Waals surface area contributed by atoms with Gasteiger partial charge < -0.3 is 9.15 Å². The number of anilines is 1. The Labute approximate surface area is 169 Å². The van der Waals surface area contributed by atoms with E-state index >= 15 is 0 Å². The van der Waals surface area contributed by atoms with E-state index in [1.807, 2.05) is 24.5 Å². The number of amides is 1. The van der Waals surface area contributed by atoms with Gasteiger partial charge in [-0.25, -0.2) is 0 Å². The van der Waals surface area contributed by atoms with Crippen molar-refractivity contribution in [2.75, 3.05) is 17.7 Å². The van der Waals surface area contributed by atoms with Crippen LogP contribution in [0, 0.1) is 13.8 Å². The van der Waals surface area contributed by atoms with Crippen LogP contribution in [0.3, 0.4) is 0 Å². The second-order valence-corrected chi connectivity index (χ2v) is 8.53. The topological polar surface area (TPSA) is 108 Å². The van der Waals surface area contributed by atoms with Gasteiger partial charge >= 0.3 is 0 Å². The Hall–Kier alpha value is -2.24. The zero-order valence-corrected chi connectivity index (χ0v) is 17.2. The molecule has 1 fully saturated rings. The van der Waals surface area contributed by atoms with Crippen molar-refractivity contribution in [3.8, 4) is 11.4 Å². The van der Waals surface area contributed by atoms with Crippen LogP contribution in [-0.4, -0.2) is 49.3 Å². The van der Waals surface area contributed by atoms with Crippen molar-refractivity contribution in [2.45, 2.75) is 44.5 Å². The SMILES string of the molecule is Cc1nnc(NC(=O)CSc2nnc(-c3ccoc3C)n2C[C@H]2CCCO2)s1. The number of nitrogens with zero attached hydrogens (tertiary/aromatic N) is 5. The summed E-state index contributed by atoms with van der Waals surface area (Å²) in [6.45, 7) is 5.16. The van der Waals surface area contributed by atoms with Crippen molar-refractivity contribution in [3.05, 3.63) is 23.1 Å². The molecule has 3 aromatic rings. The lowest BCUT2D eigenvalue weighted by Crippen LogP contribution is -2.18. The van der Waals surface area contributed by atoms with E-state index in [1.165, 1.54) is 23.1 Å². The van der Waals surface area contributed by atoms with Gasteiger partial charge in [-0.15, -0.1) is 20.4 Å². The van der Waals surface area contributed by atoms with Gasteiger partial charge in [0.05, 0.1) is 30.2 Å². The standard InChI is InChI=1S/C17H20N6O3S2/c1-10-13(5-7-25-10)15-20-22-17(23(15)8-12-4-3-6-26-12)27-9-14(24)18-16-21-19-11(2)28-16/h5,7,12H,3-4,6,8-9H2,1-2H3,(H,18,21,24)/t12-/m1/s1. The summed E-state index contributed by atoms with van der Waals surface area (Å²) in [5.41, 5.74) is 0.895. The molecule has 0 bridgehead atoms. The van der Waals surface area contributed by atoms with Gasteiger partial charge in [0.15, 0.2) is 11.0 Å². The highest BCUT2D eigenvalue weighted by molar-refractivity contribution is 7.99. The first-order valence-corrected chi connectivity index (χ1v) is 10.7. The summed E-state index contributed by atoms with van der Waals surface area (Å²) in [5, 5.41) is 21.2. The first-order valence-electron chi connectivity index (χ1n) is 8.92. The molecule has 4 rings (SSSR count). The van der Waals surface area contributed by atoms with Crippen molar-refractivity contribution in [3.63, 3.8) is 0 Å². The molecular formula is C17H20N6O3S2. The third-order valence-electron chi connectivity index (χ3n) is 4.33. The smallest absolute Gasteiger partial charge is 0.236 e. The van der Waals surface area contributed by atoms with Crippen LogP contribution >= 0.6 is 23.1 Å². The minimum Gasteiger partial charge on any atom is -0.469 e. The summed E-state index contributed by atoms with van der Waals surface area (Å²) >= 11 is 2.68. The number of nitrogens with one attached hydrogen (secondary N) is 1. The number of hydrogen-bond donors (Lipinski definition) is 1. The predicted octanol–water partition coefficient (Wildman–Crippen LogP) is 2.92. The highest BCUT2D eigenvalue weighted by Crippen LogP contribution is 2.29. The minimum atomic E-state index is -0.158. The molecule has 1 amide bonds. The van der Waals surface area contributed by atoms with Crippen molar-refractivity contribution in [2.24, 2.45) is 0 Å². The van der Waals surface area contributed by atoms with Crippen LogP contribution in [0.5, 0.6) is 0 Å². The van der Waals surface area contributed by atoms with Crippen molar-refractivity contribution >= 4 is 34.1 Å². The molecule has 1 saturated heterocycles. The largest absolute Gasteiger partial charge is 0.469 e. The fourth-order valence-electron chi connectivity index (χ4n) is 3.00. The average Bonchev–Trinajstić information content (AvgIpc) is 3.44. The van der Waals surface area contributed by atoms with Crippen LogP contribution in [0.4, 0.5) is 5.13 Å². The molecule has 148 valence electrons. The molecule has 0 spiro atoms. The zero-order valence-electron chi connectivity index (χ0n) is 15.5. The molecule has 11 heteroatoms. The fourth-order valence-corrected chi connectivity index (χ4v) is 4.36. The lowest BCUT2D eigenvalue weighted by atomic mass is 10.2. The van der Waals surface area contributed by atoms with Gasteiger partial charge in [0.25, 0.3) is 0 Å². The Balaban J connectivity index is 1.50. The quantitative estimate of drug-likeness (QED) is 0.581. The third-order valence-corrected chi connectivity index (χ3v) is 6.05. The van der Waals surface area contributed by atoms with E-state index in [9.17, 15) is 4.79 Å². The first kappa shape index (κ1) is 19.1. The molecule has 0 unspecified atom stereocenters. The number of thioether (sulfide) groups is 1. The van der Waals surface area contributed by atoms with Gasteiger partial charge in [-0.2, -0.15) is 0 Å². The van der Waals surface area contributed by atoms with Crippen LogP contribution in [-0.2, 0) is 16.1 Å². The number of rotatable bonds is 7. The monoisotopic (exact) mass is 420 g/mol.